The van der Waals surface area contributed by atoms with Gasteiger partial charge in [0.2, 0.25) is 5.78 Å². The van der Waals surface area contributed by atoms with Gasteiger partial charge in [-0.15, -0.1) is 0 Å². The average molecular weight is 370 g/mol. The second kappa shape index (κ2) is 5.87. The SMILES string of the molecule is CC(=O)CC(=O)[C@](F)(OC(F)(F)C(F)(F)C(F)(F)F)C(F)(F)F. The first-order valence-corrected chi connectivity index (χ1v) is 5.10. The highest BCUT2D eigenvalue weighted by molar-refractivity contribution is 6.01. The fraction of sp³-hybridized carbons (Fsp3) is 0.778. The Morgan fingerprint density at radius 3 is 1.43 bits per heavy atom. The maximum absolute atomic E-state index is 13.4. The minimum atomic E-state index is -7.25. The lowest BCUT2D eigenvalue weighted by molar-refractivity contribution is -0.472. The van der Waals surface area contributed by atoms with Gasteiger partial charge in [0.25, 0.3) is 0 Å². The quantitative estimate of drug-likeness (QED) is 0.531. The van der Waals surface area contributed by atoms with Gasteiger partial charge in [-0.2, -0.15) is 48.3 Å². The van der Waals surface area contributed by atoms with E-state index in [2.05, 4.69) is 0 Å². The second-order valence-electron chi connectivity index (χ2n) is 4.09. The van der Waals surface area contributed by atoms with Gasteiger partial charge in [0.1, 0.15) is 5.78 Å². The van der Waals surface area contributed by atoms with E-state index in [0.717, 1.165) is 0 Å². The summed E-state index contributed by atoms with van der Waals surface area (Å²) in [5.74, 6) is -18.1. The summed E-state index contributed by atoms with van der Waals surface area (Å²) in [6.07, 6.45) is -23.0. The van der Waals surface area contributed by atoms with E-state index in [-0.39, 0.29) is 0 Å². The van der Waals surface area contributed by atoms with E-state index in [0.29, 0.717) is 6.92 Å². The summed E-state index contributed by atoms with van der Waals surface area (Å²) < 4.78 is 138. The van der Waals surface area contributed by atoms with Crippen molar-refractivity contribution in [1.29, 1.82) is 0 Å². The van der Waals surface area contributed by atoms with Crippen LogP contribution in [0.25, 0.3) is 0 Å². The van der Waals surface area contributed by atoms with Crippen molar-refractivity contribution in [2.24, 2.45) is 0 Å². The molecule has 0 aromatic heterocycles. The van der Waals surface area contributed by atoms with Gasteiger partial charge in [-0.1, -0.05) is 0 Å². The Bertz CT molecular complexity index is 478. The van der Waals surface area contributed by atoms with Crippen molar-refractivity contribution >= 4 is 11.6 Å². The van der Waals surface area contributed by atoms with Crippen molar-refractivity contribution in [3.05, 3.63) is 0 Å². The van der Waals surface area contributed by atoms with Crippen LogP contribution in [-0.2, 0) is 14.3 Å². The lowest BCUT2D eigenvalue weighted by Gasteiger charge is -2.34. The lowest BCUT2D eigenvalue weighted by Crippen LogP contribution is -2.61. The molecular weight excluding hydrogens is 365 g/mol. The molecule has 0 aliphatic heterocycles. The van der Waals surface area contributed by atoms with Crippen molar-refractivity contribution < 1.29 is 62.6 Å². The Morgan fingerprint density at radius 1 is 0.783 bits per heavy atom. The van der Waals surface area contributed by atoms with Gasteiger partial charge in [-0.3, -0.25) is 14.3 Å². The van der Waals surface area contributed by atoms with Crippen LogP contribution in [0.3, 0.4) is 0 Å². The predicted octanol–water partition coefficient (Wildman–Crippen LogP) is 3.57. The van der Waals surface area contributed by atoms with E-state index in [1.54, 1.807) is 0 Å². The van der Waals surface area contributed by atoms with Crippen LogP contribution in [0.2, 0.25) is 0 Å². The molecule has 0 aromatic rings. The highest BCUT2D eigenvalue weighted by Gasteiger charge is 2.79. The average Bonchev–Trinajstić information content (AvgIpc) is 2.23. The van der Waals surface area contributed by atoms with Gasteiger partial charge >= 0.3 is 30.2 Å². The molecule has 0 amide bonds. The third-order valence-electron chi connectivity index (χ3n) is 2.12. The Morgan fingerprint density at radius 2 is 1.17 bits per heavy atom. The van der Waals surface area contributed by atoms with Crippen LogP contribution >= 0.6 is 0 Å². The number of hydrogen-bond donors (Lipinski definition) is 0. The standard InChI is InChI=1S/C9H5F11O3/c1-3(21)2-4(22)5(10,7(13,14)15)23-9(19,20)6(11,12)8(16,17)18/h2H2,1H3/t5-/m0/s1. The molecule has 23 heavy (non-hydrogen) atoms. The van der Waals surface area contributed by atoms with Gasteiger partial charge in [0, 0.05) is 0 Å². The maximum atomic E-state index is 13.4. The molecule has 0 spiro atoms. The molecule has 0 N–H and O–H groups in total. The normalized spacial score (nSPS) is 16.9. The first-order valence-electron chi connectivity index (χ1n) is 5.10. The van der Waals surface area contributed by atoms with Gasteiger partial charge in [-0.25, -0.2) is 0 Å². The first-order chi connectivity index (χ1) is 9.79. The minimum Gasteiger partial charge on any atom is -0.300 e. The van der Waals surface area contributed by atoms with Gasteiger partial charge < -0.3 is 0 Å². The van der Waals surface area contributed by atoms with Gasteiger partial charge in [-0.05, 0) is 6.92 Å². The fourth-order valence-corrected chi connectivity index (χ4v) is 1.02. The number of ether oxygens (including phenoxy) is 1. The summed E-state index contributed by atoms with van der Waals surface area (Å²) in [5, 5.41) is 0. The zero-order valence-electron chi connectivity index (χ0n) is 10.6. The van der Waals surface area contributed by atoms with Gasteiger partial charge in [0.15, 0.2) is 0 Å². The Hall–Kier alpha value is -1.47. The molecule has 0 radical (unpaired) electrons. The summed E-state index contributed by atoms with van der Waals surface area (Å²) in [4.78, 5) is 21.3. The Kier molecular flexibility index (Phi) is 5.49. The molecule has 0 heterocycles. The topological polar surface area (TPSA) is 43.4 Å². The molecule has 1 atom stereocenters. The number of hydrogen-bond acceptors (Lipinski definition) is 3. The number of Topliss-reactive ketones (excluding diaryl/α,β-unsaturated/α-hetero) is 2. The second-order valence-corrected chi connectivity index (χ2v) is 4.09. The highest BCUT2D eigenvalue weighted by atomic mass is 19.4. The zero-order chi connectivity index (χ0) is 19.1. The van der Waals surface area contributed by atoms with Crippen LogP contribution in [0.15, 0.2) is 0 Å². The molecule has 0 saturated carbocycles. The lowest BCUT2D eigenvalue weighted by atomic mass is 10.1. The summed E-state index contributed by atoms with van der Waals surface area (Å²) >= 11 is 0. The zero-order valence-corrected chi connectivity index (χ0v) is 10.6. The van der Waals surface area contributed by atoms with E-state index >= 15 is 0 Å². The molecule has 0 aliphatic carbocycles. The largest absolute Gasteiger partial charge is 0.462 e. The number of carbonyl (C=O) groups is 2. The Balaban J connectivity index is 5.92. The monoisotopic (exact) mass is 370 g/mol. The third kappa shape index (κ3) is 4.09. The van der Waals surface area contributed by atoms with E-state index in [9.17, 15) is 57.9 Å². The predicted molar refractivity (Wildman–Crippen MR) is 47.2 cm³/mol. The van der Waals surface area contributed by atoms with E-state index in [1.807, 2.05) is 4.74 Å². The molecule has 0 bridgehead atoms. The molecule has 0 aliphatic rings. The first kappa shape index (κ1) is 21.5. The van der Waals surface area contributed by atoms with Crippen molar-refractivity contribution in [3.63, 3.8) is 0 Å². The van der Waals surface area contributed by atoms with Crippen LogP contribution in [0, 0.1) is 0 Å². The van der Waals surface area contributed by atoms with E-state index < -0.39 is 48.2 Å². The van der Waals surface area contributed by atoms with Gasteiger partial charge in [0.05, 0.1) is 6.42 Å². The number of ketones is 2. The maximum Gasteiger partial charge on any atom is 0.462 e. The summed E-state index contributed by atoms with van der Waals surface area (Å²) in [7, 11) is 0. The molecule has 0 unspecified atom stereocenters. The highest BCUT2D eigenvalue weighted by Crippen LogP contribution is 2.51. The van der Waals surface area contributed by atoms with Crippen molar-refractivity contribution in [3.8, 4) is 0 Å². The molecular formula is C9H5F11O3. The fourth-order valence-electron chi connectivity index (χ4n) is 1.02. The van der Waals surface area contributed by atoms with Crippen molar-refractivity contribution in [2.75, 3.05) is 0 Å². The van der Waals surface area contributed by atoms with Crippen LogP contribution in [0.5, 0.6) is 0 Å². The minimum absolute atomic E-state index is 0.400. The molecule has 14 heteroatoms. The molecule has 0 rings (SSSR count). The number of halogens is 11. The van der Waals surface area contributed by atoms with Crippen LogP contribution in [0.1, 0.15) is 13.3 Å². The van der Waals surface area contributed by atoms with Crippen LogP contribution < -0.4 is 0 Å². The molecule has 136 valence electrons. The molecule has 0 fully saturated rings. The smallest absolute Gasteiger partial charge is 0.300 e. The van der Waals surface area contributed by atoms with Crippen molar-refractivity contribution in [2.45, 2.75) is 43.6 Å². The number of carbonyl (C=O) groups excluding carboxylic acids is 2. The summed E-state index contributed by atoms with van der Waals surface area (Å²) in [6.45, 7) is 0.400. The van der Waals surface area contributed by atoms with Crippen LogP contribution in [0.4, 0.5) is 48.3 Å². The van der Waals surface area contributed by atoms with E-state index in [1.165, 1.54) is 0 Å². The Labute approximate surface area is 119 Å². The van der Waals surface area contributed by atoms with Crippen LogP contribution in [-0.4, -0.2) is 41.8 Å². The summed E-state index contributed by atoms with van der Waals surface area (Å²) in [6, 6.07) is 0. The molecule has 0 saturated heterocycles. The van der Waals surface area contributed by atoms with E-state index in [4.69, 9.17) is 0 Å². The third-order valence-corrected chi connectivity index (χ3v) is 2.12. The number of rotatable bonds is 6. The van der Waals surface area contributed by atoms with Crippen molar-refractivity contribution in [1.82, 2.24) is 0 Å². The molecule has 0 aromatic carbocycles. The number of alkyl halides is 11. The molecule has 3 nitrogen and oxygen atoms in total. The summed E-state index contributed by atoms with van der Waals surface area (Å²) in [5.41, 5.74) is 0.